The van der Waals surface area contributed by atoms with Gasteiger partial charge in [0.25, 0.3) is 0 Å². The summed E-state index contributed by atoms with van der Waals surface area (Å²) >= 11 is 0. The molecule has 0 spiro atoms. The topological polar surface area (TPSA) is 47.4 Å². The van der Waals surface area contributed by atoms with Crippen LogP contribution in [0.15, 0.2) is 12.4 Å². The highest BCUT2D eigenvalue weighted by Crippen LogP contribution is 2.39. The molecule has 0 N–H and O–H groups in total. The third-order valence-corrected chi connectivity index (χ3v) is 5.22. The summed E-state index contributed by atoms with van der Waals surface area (Å²) in [5, 5.41) is 0. The van der Waals surface area contributed by atoms with E-state index < -0.39 is 0 Å². The molecule has 1 aliphatic carbocycles. The molecule has 1 aromatic heterocycles. The predicted molar refractivity (Wildman–Crippen MR) is 84.5 cm³/mol. The van der Waals surface area contributed by atoms with Gasteiger partial charge in [0.2, 0.25) is 5.91 Å². The van der Waals surface area contributed by atoms with Crippen molar-refractivity contribution in [3.05, 3.63) is 18.2 Å². The third-order valence-electron chi connectivity index (χ3n) is 5.22. The highest BCUT2D eigenvalue weighted by Gasteiger charge is 2.42. The predicted octanol–water partition coefficient (Wildman–Crippen LogP) is 2.28. The fourth-order valence-corrected chi connectivity index (χ4v) is 4.03. The number of hydrogen-bond donors (Lipinski definition) is 0. The fraction of sp³-hybridized carbons (Fsp3) is 0.765. The summed E-state index contributed by atoms with van der Waals surface area (Å²) in [5.41, 5.74) is 0. The van der Waals surface area contributed by atoms with Gasteiger partial charge >= 0.3 is 0 Å². The van der Waals surface area contributed by atoms with E-state index in [-0.39, 0.29) is 5.91 Å². The smallest absolute Gasteiger partial charge is 0.224 e. The molecule has 1 saturated carbocycles. The van der Waals surface area contributed by atoms with Crippen LogP contribution in [0.3, 0.4) is 0 Å². The SMILES string of the molecule is COC1C[C@@H]2CN(C(=O)CCn3ccnc3C(C)C)C[C@@H]2C1. The highest BCUT2D eigenvalue weighted by atomic mass is 16.5. The molecule has 5 nitrogen and oxygen atoms in total. The quantitative estimate of drug-likeness (QED) is 0.838. The highest BCUT2D eigenvalue weighted by molar-refractivity contribution is 5.76. The number of amides is 1. The fourth-order valence-electron chi connectivity index (χ4n) is 4.03. The first-order valence-corrected chi connectivity index (χ1v) is 8.40. The molecule has 3 rings (SSSR count). The van der Waals surface area contributed by atoms with E-state index >= 15 is 0 Å². The Kier molecular flexibility index (Phi) is 4.52. The van der Waals surface area contributed by atoms with Crippen molar-refractivity contribution in [2.24, 2.45) is 11.8 Å². The molecule has 0 radical (unpaired) electrons. The van der Waals surface area contributed by atoms with Crippen LogP contribution in [-0.4, -0.2) is 46.7 Å². The molecular formula is C17H27N3O2. The van der Waals surface area contributed by atoms with Crippen molar-refractivity contribution in [3.63, 3.8) is 0 Å². The number of ether oxygens (including phenoxy) is 1. The minimum atomic E-state index is 0.284. The zero-order valence-electron chi connectivity index (χ0n) is 13.9. The maximum atomic E-state index is 12.5. The molecule has 1 unspecified atom stereocenters. The molecule has 122 valence electrons. The van der Waals surface area contributed by atoms with Gasteiger partial charge in [-0.3, -0.25) is 4.79 Å². The van der Waals surface area contributed by atoms with E-state index in [0.29, 0.717) is 30.3 Å². The molecule has 3 atom stereocenters. The molecule has 2 fully saturated rings. The lowest BCUT2D eigenvalue weighted by Crippen LogP contribution is -2.31. The van der Waals surface area contributed by atoms with Crippen molar-refractivity contribution >= 4 is 5.91 Å². The van der Waals surface area contributed by atoms with Gasteiger partial charge in [-0.15, -0.1) is 0 Å². The lowest BCUT2D eigenvalue weighted by atomic mass is 10.0. The molecule has 2 heterocycles. The number of fused-ring (bicyclic) bond motifs is 1. The molecule has 1 amide bonds. The van der Waals surface area contributed by atoms with Crippen LogP contribution < -0.4 is 0 Å². The summed E-state index contributed by atoms with van der Waals surface area (Å²) in [6.45, 7) is 6.84. The van der Waals surface area contributed by atoms with Gasteiger partial charge in [-0.2, -0.15) is 0 Å². The molecule has 0 bridgehead atoms. The molecule has 1 saturated heterocycles. The maximum Gasteiger partial charge on any atom is 0.224 e. The van der Waals surface area contributed by atoms with Gasteiger partial charge < -0.3 is 14.2 Å². The number of methoxy groups -OCH3 is 1. The van der Waals surface area contributed by atoms with E-state index in [1.165, 1.54) is 0 Å². The second-order valence-corrected chi connectivity index (χ2v) is 7.03. The largest absolute Gasteiger partial charge is 0.381 e. The van der Waals surface area contributed by atoms with Gasteiger partial charge in [-0.1, -0.05) is 13.8 Å². The molecule has 22 heavy (non-hydrogen) atoms. The first kappa shape index (κ1) is 15.5. The van der Waals surface area contributed by atoms with Crippen molar-refractivity contribution < 1.29 is 9.53 Å². The number of likely N-dealkylation sites (tertiary alicyclic amines) is 1. The van der Waals surface area contributed by atoms with E-state index in [2.05, 4.69) is 28.3 Å². The number of hydrogen-bond acceptors (Lipinski definition) is 3. The summed E-state index contributed by atoms with van der Waals surface area (Å²) in [6, 6.07) is 0. The van der Waals surface area contributed by atoms with E-state index in [9.17, 15) is 4.79 Å². The average Bonchev–Trinajstić information content (AvgIpc) is 3.17. The number of rotatable bonds is 5. The van der Waals surface area contributed by atoms with Gasteiger partial charge in [0.05, 0.1) is 6.10 Å². The van der Waals surface area contributed by atoms with Crippen LogP contribution in [0.5, 0.6) is 0 Å². The van der Waals surface area contributed by atoms with E-state index in [4.69, 9.17) is 4.74 Å². The third kappa shape index (κ3) is 3.05. The Bertz CT molecular complexity index is 512. The van der Waals surface area contributed by atoms with Crippen LogP contribution in [0, 0.1) is 11.8 Å². The molecule has 5 heteroatoms. The Labute approximate surface area is 132 Å². The van der Waals surface area contributed by atoms with E-state index in [1.54, 1.807) is 7.11 Å². The van der Waals surface area contributed by atoms with Gasteiger partial charge in [0.1, 0.15) is 5.82 Å². The van der Waals surface area contributed by atoms with E-state index in [0.717, 1.165) is 38.3 Å². The molecule has 1 aromatic rings. The van der Waals surface area contributed by atoms with Crippen LogP contribution >= 0.6 is 0 Å². The number of nitrogens with zero attached hydrogens (tertiary/aromatic N) is 3. The first-order valence-electron chi connectivity index (χ1n) is 8.40. The number of carbonyl (C=O) groups excluding carboxylic acids is 1. The van der Waals surface area contributed by atoms with Crippen molar-refractivity contribution in [1.29, 1.82) is 0 Å². The van der Waals surface area contributed by atoms with E-state index in [1.807, 2.05) is 12.4 Å². The Balaban J connectivity index is 1.51. The van der Waals surface area contributed by atoms with Crippen LogP contribution in [0.1, 0.15) is 44.9 Å². The Morgan fingerprint density at radius 2 is 2.05 bits per heavy atom. The van der Waals surface area contributed by atoms with Crippen LogP contribution in [0.4, 0.5) is 0 Å². The van der Waals surface area contributed by atoms with Crippen molar-refractivity contribution in [1.82, 2.24) is 14.5 Å². The van der Waals surface area contributed by atoms with Gasteiger partial charge in [-0.25, -0.2) is 4.98 Å². The number of aryl methyl sites for hydroxylation is 1. The maximum absolute atomic E-state index is 12.5. The zero-order chi connectivity index (χ0) is 15.7. The van der Waals surface area contributed by atoms with Crippen LogP contribution in [0.25, 0.3) is 0 Å². The first-order chi connectivity index (χ1) is 10.6. The lowest BCUT2D eigenvalue weighted by Gasteiger charge is -2.19. The standard InChI is InChI=1S/C17H27N3O2/c1-12(2)17-18-5-7-19(17)6-4-16(21)20-10-13-8-15(22-3)9-14(13)11-20/h5,7,12-15H,4,6,8-11H2,1-3H3/t13-,14+,15?. The summed E-state index contributed by atoms with van der Waals surface area (Å²) < 4.78 is 7.57. The average molecular weight is 305 g/mol. The summed E-state index contributed by atoms with van der Waals surface area (Å²) in [7, 11) is 1.80. The number of carbonyl (C=O) groups is 1. The molecule has 1 aliphatic heterocycles. The second kappa shape index (κ2) is 6.41. The Morgan fingerprint density at radius 3 is 2.64 bits per heavy atom. The summed E-state index contributed by atoms with van der Waals surface area (Å²) in [4.78, 5) is 18.9. The zero-order valence-corrected chi connectivity index (χ0v) is 13.9. The summed E-state index contributed by atoms with van der Waals surface area (Å²) in [5.74, 6) is 3.03. The van der Waals surface area contributed by atoms with Crippen LogP contribution in [-0.2, 0) is 16.1 Å². The monoisotopic (exact) mass is 305 g/mol. The minimum absolute atomic E-state index is 0.284. The van der Waals surface area contributed by atoms with Crippen molar-refractivity contribution in [2.45, 2.75) is 51.7 Å². The normalized spacial score (nSPS) is 27.6. The van der Waals surface area contributed by atoms with Crippen molar-refractivity contribution in [2.75, 3.05) is 20.2 Å². The molecular weight excluding hydrogens is 278 g/mol. The second-order valence-electron chi connectivity index (χ2n) is 7.03. The minimum Gasteiger partial charge on any atom is -0.381 e. The lowest BCUT2D eigenvalue weighted by molar-refractivity contribution is -0.130. The summed E-state index contributed by atoms with van der Waals surface area (Å²) in [6.07, 6.45) is 7.01. The van der Waals surface area contributed by atoms with Crippen molar-refractivity contribution in [3.8, 4) is 0 Å². The number of aromatic nitrogens is 2. The van der Waals surface area contributed by atoms with Gasteiger partial charge in [-0.05, 0) is 24.7 Å². The van der Waals surface area contributed by atoms with Gasteiger partial charge in [0, 0.05) is 51.5 Å². The van der Waals surface area contributed by atoms with Gasteiger partial charge in [0.15, 0.2) is 0 Å². The van der Waals surface area contributed by atoms with Crippen LogP contribution in [0.2, 0.25) is 0 Å². The Hall–Kier alpha value is -1.36. The molecule has 2 aliphatic rings. The molecule has 0 aromatic carbocycles. The number of imidazole rings is 1. The Morgan fingerprint density at radius 1 is 1.36 bits per heavy atom.